The van der Waals surface area contributed by atoms with Crippen LogP contribution in [0.2, 0.25) is 0 Å². The molecule has 1 aromatic carbocycles. The topological polar surface area (TPSA) is 35.5 Å². The minimum absolute atomic E-state index is 0.178. The summed E-state index contributed by atoms with van der Waals surface area (Å²) in [5.74, 6) is 0.457. The largest absolute Gasteiger partial charge is 0.393 e. The van der Waals surface area contributed by atoms with Gasteiger partial charge in [0.2, 0.25) is 0 Å². The van der Waals surface area contributed by atoms with Crippen molar-refractivity contribution < 1.29 is 5.11 Å². The van der Waals surface area contributed by atoms with Crippen molar-refractivity contribution in [3.05, 3.63) is 28.2 Å². The lowest BCUT2D eigenvalue weighted by atomic mass is 9.92. The molecule has 0 saturated carbocycles. The Balaban J connectivity index is 1.99. The summed E-state index contributed by atoms with van der Waals surface area (Å²) in [6.07, 6.45) is 1.97. The summed E-state index contributed by atoms with van der Waals surface area (Å²) in [4.78, 5) is 2.42. The Kier molecular flexibility index (Phi) is 5.87. The monoisotopic (exact) mass is 340 g/mol. The average molecular weight is 341 g/mol. The number of anilines is 1. The number of benzene rings is 1. The highest BCUT2D eigenvalue weighted by Gasteiger charge is 2.23. The van der Waals surface area contributed by atoms with Crippen molar-refractivity contribution in [3.63, 3.8) is 0 Å². The molecule has 0 aliphatic carbocycles. The summed E-state index contributed by atoms with van der Waals surface area (Å²) in [5, 5.41) is 13.0. The number of rotatable bonds is 5. The first-order valence-electron chi connectivity index (χ1n) is 7.54. The Hall–Kier alpha value is -0.580. The van der Waals surface area contributed by atoms with Gasteiger partial charge in [-0.3, -0.25) is 0 Å². The van der Waals surface area contributed by atoms with E-state index in [9.17, 15) is 5.11 Å². The fourth-order valence-corrected chi connectivity index (χ4v) is 3.49. The lowest BCUT2D eigenvalue weighted by molar-refractivity contribution is 0.110. The molecule has 1 fully saturated rings. The summed E-state index contributed by atoms with van der Waals surface area (Å²) >= 11 is 3.70. The van der Waals surface area contributed by atoms with Crippen molar-refractivity contribution in [1.29, 1.82) is 0 Å². The molecule has 0 bridgehead atoms. The van der Waals surface area contributed by atoms with Gasteiger partial charge in [0.15, 0.2) is 0 Å². The summed E-state index contributed by atoms with van der Waals surface area (Å²) in [7, 11) is 0. The number of hydrogen-bond acceptors (Lipinski definition) is 3. The molecule has 1 unspecified atom stereocenters. The Morgan fingerprint density at radius 1 is 1.40 bits per heavy atom. The number of aliphatic hydroxyl groups is 1. The van der Waals surface area contributed by atoms with Crippen LogP contribution in [0.3, 0.4) is 0 Å². The molecule has 112 valence electrons. The van der Waals surface area contributed by atoms with Crippen LogP contribution in [0.4, 0.5) is 5.69 Å². The van der Waals surface area contributed by atoms with Gasteiger partial charge in [-0.05, 0) is 65.9 Å². The molecule has 2 N–H and O–H groups in total. The van der Waals surface area contributed by atoms with E-state index in [2.05, 4.69) is 51.3 Å². The van der Waals surface area contributed by atoms with Gasteiger partial charge in [-0.1, -0.05) is 13.0 Å². The molecule has 0 spiro atoms. The van der Waals surface area contributed by atoms with Gasteiger partial charge < -0.3 is 15.3 Å². The van der Waals surface area contributed by atoms with E-state index in [0.29, 0.717) is 5.92 Å². The summed E-state index contributed by atoms with van der Waals surface area (Å²) in [6, 6.07) is 6.61. The van der Waals surface area contributed by atoms with E-state index in [-0.39, 0.29) is 6.10 Å². The van der Waals surface area contributed by atoms with E-state index >= 15 is 0 Å². The van der Waals surface area contributed by atoms with Crippen LogP contribution in [0.15, 0.2) is 22.7 Å². The quantitative estimate of drug-likeness (QED) is 0.864. The Bertz CT molecular complexity index is 428. The first-order chi connectivity index (χ1) is 9.61. The molecule has 1 aliphatic rings. The third-order valence-electron chi connectivity index (χ3n) is 4.15. The third kappa shape index (κ3) is 3.96. The summed E-state index contributed by atoms with van der Waals surface area (Å²) in [6.45, 7) is 7.99. The van der Waals surface area contributed by atoms with Crippen molar-refractivity contribution in [1.82, 2.24) is 5.32 Å². The van der Waals surface area contributed by atoms with Crippen LogP contribution in [-0.4, -0.2) is 30.8 Å². The summed E-state index contributed by atoms with van der Waals surface area (Å²) < 4.78 is 1.17. The van der Waals surface area contributed by atoms with Crippen LogP contribution in [0.5, 0.6) is 0 Å². The van der Waals surface area contributed by atoms with E-state index in [1.807, 2.05) is 6.92 Å². The second kappa shape index (κ2) is 7.43. The molecule has 0 amide bonds. The molecular weight excluding hydrogens is 316 g/mol. The van der Waals surface area contributed by atoms with Gasteiger partial charge in [0, 0.05) is 24.1 Å². The SMILES string of the molecule is CCNCc1ccc(N2CCC(C(C)O)CC2)c(Br)c1. The maximum atomic E-state index is 9.67. The molecule has 20 heavy (non-hydrogen) atoms. The number of nitrogens with zero attached hydrogens (tertiary/aromatic N) is 1. The molecule has 0 radical (unpaired) electrons. The molecule has 2 rings (SSSR count). The van der Waals surface area contributed by atoms with Gasteiger partial charge >= 0.3 is 0 Å². The molecule has 1 aromatic rings. The molecule has 3 nitrogen and oxygen atoms in total. The number of aliphatic hydroxyl groups excluding tert-OH is 1. The number of piperidine rings is 1. The molecular formula is C16H25BrN2O. The summed E-state index contributed by atoms with van der Waals surface area (Å²) in [5.41, 5.74) is 2.58. The zero-order valence-electron chi connectivity index (χ0n) is 12.4. The van der Waals surface area contributed by atoms with Crippen molar-refractivity contribution in [2.75, 3.05) is 24.5 Å². The van der Waals surface area contributed by atoms with Gasteiger partial charge in [-0.2, -0.15) is 0 Å². The van der Waals surface area contributed by atoms with Gasteiger partial charge in [0.05, 0.1) is 11.8 Å². The second-order valence-corrected chi connectivity index (χ2v) is 6.49. The van der Waals surface area contributed by atoms with Crippen LogP contribution < -0.4 is 10.2 Å². The van der Waals surface area contributed by atoms with Crippen LogP contribution >= 0.6 is 15.9 Å². The zero-order chi connectivity index (χ0) is 14.5. The van der Waals surface area contributed by atoms with E-state index in [0.717, 1.165) is 39.0 Å². The molecule has 1 atom stereocenters. The number of halogens is 1. The minimum atomic E-state index is -0.178. The fraction of sp³-hybridized carbons (Fsp3) is 0.625. The first kappa shape index (κ1) is 15.8. The molecule has 1 saturated heterocycles. The Morgan fingerprint density at radius 2 is 2.10 bits per heavy atom. The fourth-order valence-electron chi connectivity index (χ4n) is 2.81. The van der Waals surface area contributed by atoms with Gasteiger partial charge in [-0.25, -0.2) is 0 Å². The second-order valence-electron chi connectivity index (χ2n) is 5.63. The van der Waals surface area contributed by atoms with E-state index in [1.54, 1.807) is 0 Å². The minimum Gasteiger partial charge on any atom is -0.393 e. The standard InChI is InChI=1S/C16H25BrN2O/c1-3-18-11-13-4-5-16(15(17)10-13)19-8-6-14(7-9-19)12(2)20/h4-5,10,12,14,18,20H,3,6-9,11H2,1-2H3. The smallest absolute Gasteiger partial charge is 0.0541 e. The number of nitrogens with one attached hydrogen (secondary N) is 1. The predicted molar refractivity (Wildman–Crippen MR) is 88.1 cm³/mol. The van der Waals surface area contributed by atoms with Crippen LogP contribution in [0.1, 0.15) is 32.3 Å². The molecule has 1 aliphatic heterocycles. The van der Waals surface area contributed by atoms with Gasteiger partial charge in [-0.15, -0.1) is 0 Å². The predicted octanol–water partition coefficient (Wildman–Crippen LogP) is 3.16. The van der Waals surface area contributed by atoms with Gasteiger partial charge in [0.25, 0.3) is 0 Å². The van der Waals surface area contributed by atoms with Crippen molar-refractivity contribution in [2.24, 2.45) is 5.92 Å². The van der Waals surface area contributed by atoms with Crippen LogP contribution in [0, 0.1) is 5.92 Å². The lowest BCUT2D eigenvalue weighted by Crippen LogP contribution is -2.37. The van der Waals surface area contributed by atoms with Crippen LogP contribution in [0.25, 0.3) is 0 Å². The van der Waals surface area contributed by atoms with E-state index in [4.69, 9.17) is 0 Å². The van der Waals surface area contributed by atoms with E-state index < -0.39 is 0 Å². The highest BCUT2D eigenvalue weighted by molar-refractivity contribution is 9.10. The highest BCUT2D eigenvalue weighted by Crippen LogP contribution is 2.31. The number of hydrogen-bond donors (Lipinski definition) is 2. The average Bonchev–Trinajstić information content (AvgIpc) is 2.45. The molecule has 4 heteroatoms. The third-order valence-corrected chi connectivity index (χ3v) is 4.79. The maximum absolute atomic E-state index is 9.67. The molecule has 0 aromatic heterocycles. The first-order valence-corrected chi connectivity index (χ1v) is 8.33. The van der Waals surface area contributed by atoms with E-state index in [1.165, 1.54) is 15.7 Å². The highest BCUT2D eigenvalue weighted by atomic mass is 79.9. The maximum Gasteiger partial charge on any atom is 0.0541 e. The normalized spacial score (nSPS) is 18.3. The van der Waals surface area contributed by atoms with Crippen LogP contribution in [-0.2, 0) is 6.54 Å². The van der Waals surface area contributed by atoms with Crippen molar-refractivity contribution >= 4 is 21.6 Å². The Morgan fingerprint density at radius 3 is 2.65 bits per heavy atom. The van der Waals surface area contributed by atoms with Crippen molar-refractivity contribution in [2.45, 2.75) is 39.3 Å². The Labute approximate surface area is 130 Å². The zero-order valence-corrected chi connectivity index (χ0v) is 14.0. The lowest BCUT2D eigenvalue weighted by Gasteiger charge is -2.35. The van der Waals surface area contributed by atoms with Crippen molar-refractivity contribution in [3.8, 4) is 0 Å². The molecule has 1 heterocycles. The van der Waals surface area contributed by atoms with Gasteiger partial charge in [0.1, 0.15) is 0 Å².